The van der Waals surface area contributed by atoms with Crippen LogP contribution in [0.25, 0.3) is 0 Å². The summed E-state index contributed by atoms with van der Waals surface area (Å²) in [6.07, 6.45) is 0. The van der Waals surface area contributed by atoms with E-state index in [4.69, 9.17) is 20.9 Å². The number of nitrogens with two attached hydrogens (primary N) is 2. The van der Waals surface area contributed by atoms with Crippen molar-refractivity contribution in [3.63, 3.8) is 0 Å². The zero-order chi connectivity index (χ0) is 11.3. The van der Waals surface area contributed by atoms with E-state index in [0.29, 0.717) is 24.7 Å². The lowest BCUT2D eigenvalue weighted by Crippen LogP contribution is -2.15. The lowest BCUT2D eigenvalue weighted by Gasteiger charge is -2.11. The van der Waals surface area contributed by atoms with Gasteiger partial charge in [0.2, 0.25) is 0 Å². The van der Waals surface area contributed by atoms with Crippen molar-refractivity contribution in [3.8, 4) is 5.75 Å². The number of carbonyl (C=O) groups excluding carboxylic acids is 1. The molecule has 0 aliphatic heterocycles. The summed E-state index contributed by atoms with van der Waals surface area (Å²) in [6, 6.07) is 4.87. The minimum atomic E-state index is -0.560. The second kappa shape index (κ2) is 5.21. The van der Waals surface area contributed by atoms with E-state index in [1.165, 1.54) is 0 Å². The van der Waals surface area contributed by atoms with Crippen LogP contribution in [-0.2, 0) is 4.74 Å². The van der Waals surface area contributed by atoms with Crippen molar-refractivity contribution in [3.05, 3.63) is 23.8 Å². The summed E-state index contributed by atoms with van der Waals surface area (Å²) < 4.78 is 10.1. The Morgan fingerprint density at radius 2 is 2.13 bits per heavy atom. The van der Waals surface area contributed by atoms with E-state index in [9.17, 15) is 4.79 Å². The number of carbonyl (C=O) groups is 1. The maximum atomic E-state index is 11.1. The Balaban J connectivity index is 2.87. The van der Waals surface area contributed by atoms with E-state index < -0.39 is 5.91 Å². The van der Waals surface area contributed by atoms with Crippen molar-refractivity contribution in [2.24, 2.45) is 5.73 Å². The largest absolute Gasteiger partial charge is 0.488 e. The highest BCUT2D eigenvalue weighted by Crippen LogP contribution is 2.25. The lowest BCUT2D eigenvalue weighted by molar-refractivity contribution is 0.0992. The van der Waals surface area contributed by atoms with Gasteiger partial charge in [-0.25, -0.2) is 0 Å². The molecular formula is C10H14N2O3. The van der Waals surface area contributed by atoms with Crippen LogP contribution in [0.15, 0.2) is 18.2 Å². The monoisotopic (exact) mass is 210 g/mol. The fourth-order valence-electron chi connectivity index (χ4n) is 1.14. The lowest BCUT2D eigenvalue weighted by atomic mass is 10.1. The molecular weight excluding hydrogens is 196 g/mol. The van der Waals surface area contributed by atoms with Crippen LogP contribution in [0, 0.1) is 0 Å². The molecule has 1 amide bonds. The number of primary amides is 1. The van der Waals surface area contributed by atoms with Crippen LogP contribution in [0.3, 0.4) is 0 Å². The highest BCUT2D eigenvalue weighted by atomic mass is 16.5. The molecule has 0 aliphatic rings. The Morgan fingerprint density at radius 3 is 2.73 bits per heavy atom. The molecule has 1 aromatic carbocycles. The van der Waals surface area contributed by atoms with Crippen LogP contribution in [0.1, 0.15) is 10.4 Å². The number of rotatable bonds is 5. The highest BCUT2D eigenvalue weighted by Gasteiger charge is 2.11. The number of nitrogen functional groups attached to an aromatic ring is 1. The molecule has 0 saturated heterocycles. The van der Waals surface area contributed by atoms with Gasteiger partial charge in [0, 0.05) is 7.11 Å². The number of ether oxygens (including phenoxy) is 2. The third-order valence-electron chi connectivity index (χ3n) is 1.84. The standard InChI is InChI=1S/C10H14N2O3/c1-14-5-6-15-9-7(10(12)13)3-2-4-8(9)11/h2-4H,5-6,11H2,1H3,(H2,12,13). The predicted octanol–water partition coefficient (Wildman–Crippen LogP) is 0.393. The van der Waals surface area contributed by atoms with Crippen LogP contribution >= 0.6 is 0 Å². The first kappa shape index (κ1) is 11.3. The van der Waals surface area contributed by atoms with Crippen molar-refractivity contribution < 1.29 is 14.3 Å². The number of benzene rings is 1. The van der Waals surface area contributed by atoms with Crippen molar-refractivity contribution >= 4 is 11.6 Å². The SMILES string of the molecule is COCCOc1c(N)cccc1C(N)=O. The molecule has 0 fully saturated rings. The fraction of sp³-hybridized carbons (Fsp3) is 0.300. The van der Waals surface area contributed by atoms with Gasteiger partial charge in [0.1, 0.15) is 6.61 Å². The normalized spacial score (nSPS) is 9.93. The molecule has 4 N–H and O–H groups in total. The molecule has 1 rings (SSSR count). The highest BCUT2D eigenvalue weighted by molar-refractivity contribution is 5.97. The van der Waals surface area contributed by atoms with Crippen molar-refractivity contribution in [2.75, 3.05) is 26.1 Å². The van der Waals surface area contributed by atoms with Gasteiger partial charge in [-0.1, -0.05) is 6.07 Å². The fourth-order valence-corrected chi connectivity index (χ4v) is 1.14. The minimum Gasteiger partial charge on any atom is -0.488 e. The van der Waals surface area contributed by atoms with Crippen LogP contribution in [0.4, 0.5) is 5.69 Å². The Hall–Kier alpha value is -1.75. The van der Waals surface area contributed by atoms with Crippen molar-refractivity contribution in [1.82, 2.24) is 0 Å². The summed E-state index contributed by atoms with van der Waals surface area (Å²) in [5.74, 6) is -0.239. The number of amides is 1. The van der Waals surface area contributed by atoms with Gasteiger partial charge in [0.25, 0.3) is 5.91 Å². The van der Waals surface area contributed by atoms with Gasteiger partial charge < -0.3 is 20.9 Å². The first-order chi connectivity index (χ1) is 7.16. The van der Waals surface area contributed by atoms with E-state index in [1.807, 2.05) is 0 Å². The first-order valence-corrected chi connectivity index (χ1v) is 4.47. The predicted molar refractivity (Wildman–Crippen MR) is 56.7 cm³/mol. The molecule has 5 heteroatoms. The Labute approximate surface area is 88.0 Å². The van der Waals surface area contributed by atoms with Crippen LogP contribution in [-0.4, -0.2) is 26.2 Å². The molecule has 0 saturated carbocycles. The third kappa shape index (κ3) is 2.85. The number of hydrogen-bond donors (Lipinski definition) is 2. The topological polar surface area (TPSA) is 87.6 Å². The van der Waals surface area contributed by atoms with Crippen LogP contribution in [0.2, 0.25) is 0 Å². The second-order valence-electron chi connectivity index (χ2n) is 2.93. The summed E-state index contributed by atoms with van der Waals surface area (Å²) >= 11 is 0. The summed E-state index contributed by atoms with van der Waals surface area (Å²) in [4.78, 5) is 11.1. The van der Waals surface area contributed by atoms with Gasteiger partial charge in [-0.2, -0.15) is 0 Å². The van der Waals surface area contributed by atoms with Gasteiger partial charge in [0.05, 0.1) is 17.9 Å². The average Bonchev–Trinajstić information content (AvgIpc) is 2.20. The maximum absolute atomic E-state index is 11.1. The average molecular weight is 210 g/mol. The molecule has 0 bridgehead atoms. The number of anilines is 1. The molecule has 82 valence electrons. The van der Waals surface area contributed by atoms with E-state index in [1.54, 1.807) is 25.3 Å². The number of hydrogen-bond acceptors (Lipinski definition) is 4. The third-order valence-corrected chi connectivity index (χ3v) is 1.84. The summed E-state index contributed by atoms with van der Waals surface area (Å²) in [5, 5.41) is 0. The smallest absolute Gasteiger partial charge is 0.252 e. The van der Waals surface area contributed by atoms with Gasteiger partial charge in [-0.15, -0.1) is 0 Å². The van der Waals surface area contributed by atoms with Gasteiger partial charge in [-0.05, 0) is 12.1 Å². The number of para-hydroxylation sites is 1. The molecule has 0 radical (unpaired) electrons. The van der Waals surface area contributed by atoms with Crippen LogP contribution < -0.4 is 16.2 Å². The Kier molecular flexibility index (Phi) is 3.93. The summed E-state index contributed by atoms with van der Waals surface area (Å²) in [7, 11) is 1.56. The van der Waals surface area contributed by atoms with Gasteiger partial charge >= 0.3 is 0 Å². The summed E-state index contributed by atoms with van der Waals surface area (Å²) in [5.41, 5.74) is 11.5. The first-order valence-electron chi connectivity index (χ1n) is 4.47. The molecule has 1 aromatic rings. The molecule has 15 heavy (non-hydrogen) atoms. The molecule has 0 spiro atoms. The molecule has 0 aliphatic carbocycles. The molecule has 0 unspecified atom stereocenters. The van der Waals surface area contributed by atoms with Crippen LogP contribution in [0.5, 0.6) is 5.75 Å². The maximum Gasteiger partial charge on any atom is 0.252 e. The van der Waals surface area contributed by atoms with E-state index in [-0.39, 0.29) is 5.56 Å². The second-order valence-corrected chi connectivity index (χ2v) is 2.93. The minimum absolute atomic E-state index is 0.283. The Bertz CT molecular complexity index is 353. The zero-order valence-corrected chi connectivity index (χ0v) is 8.53. The Morgan fingerprint density at radius 1 is 1.40 bits per heavy atom. The molecule has 0 atom stereocenters. The van der Waals surface area contributed by atoms with Crippen molar-refractivity contribution in [1.29, 1.82) is 0 Å². The summed E-state index contributed by atoms with van der Waals surface area (Å²) in [6.45, 7) is 0.748. The van der Waals surface area contributed by atoms with E-state index >= 15 is 0 Å². The van der Waals surface area contributed by atoms with Gasteiger partial charge in [0.15, 0.2) is 5.75 Å². The molecule has 0 heterocycles. The van der Waals surface area contributed by atoms with E-state index in [0.717, 1.165) is 0 Å². The van der Waals surface area contributed by atoms with Gasteiger partial charge in [-0.3, -0.25) is 4.79 Å². The molecule has 5 nitrogen and oxygen atoms in total. The van der Waals surface area contributed by atoms with Crippen molar-refractivity contribution in [2.45, 2.75) is 0 Å². The number of methoxy groups -OCH3 is 1. The molecule has 0 aromatic heterocycles. The quantitative estimate of drug-likeness (QED) is 0.543. The van der Waals surface area contributed by atoms with E-state index in [2.05, 4.69) is 0 Å². The zero-order valence-electron chi connectivity index (χ0n) is 8.53.